The van der Waals surface area contributed by atoms with E-state index in [9.17, 15) is 9.59 Å². The Kier molecular flexibility index (Phi) is 4.98. The minimum absolute atomic E-state index is 0.100. The summed E-state index contributed by atoms with van der Waals surface area (Å²) in [7, 11) is 0. The molecule has 3 aliphatic rings. The second-order valence-corrected chi connectivity index (χ2v) is 8.33. The van der Waals surface area contributed by atoms with Gasteiger partial charge in [-0.1, -0.05) is 29.8 Å². The lowest BCUT2D eigenvalue weighted by molar-refractivity contribution is -0.145. The molecule has 140 valence electrons. The summed E-state index contributed by atoms with van der Waals surface area (Å²) >= 11 is 0. The van der Waals surface area contributed by atoms with E-state index in [0.717, 1.165) is 44.5 Å². The fourth-order valence-corrected chi connectivity index (χ4v) is 5.12. The van der Waals surface area contributed by atoms with Crippen LogP contribution in [-0.2, 0) is 16.1 Å². The van der Waals surface area contributed by atoms with E-state index in [4.69, 9.17) is 0 Å². The smallest absolute Gasteiger partial charge is 0.234 e. The van der Waals surface area contributed by atoms with Gasteiger partial charge in [0.1, 0.15) is 0 Å². The second kappa shape index (κ2) is 7.39. The molecule has 3 atom stereocenters. The minimum atomic E-state index is 0.100. The number of carbonyl (C=O) groups is 2. The summed E-state index contributed by atoms with van der Waals surface area (Å²) in [5.41, 5.74) is 2.36. The zero-order valence-electron chi connectivity index (χ0n) is 15.6. The van der Waals surface area contributed by atoms with Gasteiger partial charge in [-0.25, -0.2) is 0 Å². The normalized spacial score (nSPS) is 28.6. The largest absolute Gasteiger partial charge is 0.351 e. The molecule has 2 bridgehead atoms. The van der Waals surface area contributed by atoms with E-state index in [1.807, 2.05) is 12.1 Å². The third-order valence-corrected chi connectivity index (χ3v) is 6.19. The summed E-state index contributed by atoms with van der Waals surface area (Å²) in [5.74, 6) is 1.51. The van der Waals surface area contributed by atoms with E-state index in [-0.39, 0.29) is 5.91 Å². The highest BCUT2D eigenvalue weighted by atomic mass is 16.2. The maximum atomic E-state index is 12.4. The van der Waals surface area contributed by atoms with Gasteiger partial charge in [-0.05, 0) is 43.6 Å². The van der Waals surface area contributed by atoms with Gasteiger partial charge in [-0.3, -0.25) is 14.5 Å². The van der Waals surface area contributed by atoms with Gasteiger partial charge in [0.15, 0.2) is 0 Å². The first-order valence-electron chi connectivity index (χ1n) is 9.92. The molecule has 4 rings (SSSR count). The van der Waals surface area contributed by atoms with Crippen molar-refractivity contribution < 1.29 is 9.59 Å². The molecule has 0 saturated carbocycles. The first-order chi connectivity index (χ1) is 12.6. The molecule has 0 aromatic heterocycles. The quantitative estimate of drug-likeness (QED) is 0.898. The molecule has 5 heteroatoms. The van der Waals surface area contributed by atoms with Crippen LogP contribution in [0.3, 0.4) is 0 Å². The Morgan fingerprint density at radius 1 is 1.27 bits per heavy atom. The number of hydrogen-bond acceptors (Lipinski definition) is 3. The van der Waals surface area contributed by atoms with Crippen LogP contribution in [0.1, 0.15) is 36.8 Å². The Bertz CT molecular complexity index is 690. The molecule has 3 fully saturated rings. The third kappa shape index (κ3) is 3.78. The molecule has 26 heavy (non-hydrogen) atoms. The lowest BCUT2D eigenvalue weighted by Crippen LogP contribution is -2.61. The number of aryl methyl sites for hydroxylation is 1. The molecule has 2 amide bonds. The number of benzene rings is 1. The van der Waals surface area contributed by atoms with Crippen molar-refractivity contribution in [3.63, 3.8) is 0 Å². The molecule has 2 unspecified atom stereocenters. The molecule has 1 N–H and O–H groups in total. The molecular formula is C21H29N3O2. The van der Waals surface area contributed by atoms with Gasteiger partial charge in [-0.2, -0.15) is 0 Å². The molecule has 3 saturated heterocycles. The first-order valence-corrected chi connectivity index (χ1v) is 9.92. The summed E-state index contributed by atoms with van der Waals surface area (Å²) in [4.78, 5) is 29.1. The summed E-state index contributed by atoms with van der Waals surface area (Å²) in [6, 6.07) is 8.66. The number of amides is 2. The standard InChI is InChI=1S/C21H29N3O2/c1-15-4-2-5-16(8-15)10-22-20(25)14-23-11-17-9-18(13-23)19-6-3-7-21(26)24(19)12-17/h2,4-5,8,17-19H,3,6-7,9-14H2,1H3,(H,22,25)/t17?,18?,19-/m1/s1. The Morgan fingerprint density at radius 3 is 3.00 bits per heavy atom. The molecule has 1 aromatic rings. The van der Waals surface area contributed by atoms with Gasteiger partial charge >= 0.3 is 0 Å². The molecule has 3 heterocycles. The van der Waals surface area contributed by atoms with Crippen LogP contribution in [0.4, 0.5) is 0 Å². The van der Waals surface area contributed by atoms with Crippen molar-refractivity contribution in [3.05, 3.63) is 35.4 Å². The Morgan fingerprint density at radius 2 is 2.15 bits per heavy atom. The van der Waals surface area contributed by atoms with Crippen LogP contribution in [0, 0.1) is 18.8 Å². The van der Waals surface area contributed by atoms with Crippen LogP contribution in [0.5, 0.6) is 0 Å². The highest BCUT2D eigenvalue weighted by Crippen LogP contribution is 2.37. The molecule has 0 aliphatic carbocycles. The highest BCUT2D eigenvalue weighted by Gasteiger charge is 2.43. The molecule has 0 radical (unpaired) electrons. The van der Waals surface area contributed by atoms with Gasteiger partial charge in [-0.15, -0.1) is 0 Å². The SMILES string of the molecule is Cc1cccc(CNC(=O)CN2CC3CC(C2)[C@H]2CCCC(=O)N2C3)c1. The van der Waals surface area contributed by atoms with E-state index in [1.54, 1.807) is 0 Å². The Balaban J connectivity index is 1.31. The third-order valence-electron chi connectivity index (χ3n) is 6.19. The number of nitrogens with one attached hydrogen (secondary N) is 1. The van der Waals surface area contributed by atoms with Gasteiger partial charge in [0.2, 0.25) is 11.8 Å². The lowest BCUT2D eigenvalue weighted by Gasteiger charge is -2.52. The van der Waals surface area contributed by atoms with Crippen molar-refractivity contribution in [3.8, 4) is 0 Å². The topological polar surface area (TPSA) is 52.7 Å². The van der Waals surface area contributed by atoms with E-state index in [2.05, 4.69) is 34.2 Å². The van der Waals surface area contributed by atoms with Gasteiger partial charge < -0.3 is 10.2 Å². The van der Waals surface area contributed by atoms with Crippen molar-refractivity contribution >= 4 is 11.8 Å². The minimum Gasteiger partial charge on any atom is -0.351 e. The zero-order chi connectivity index (χ0) is 18.1. The average Bonchev–Trinajstić information content (AvgIpc) is 2.61. The van der Waals surface area contributed by atoms with E-state index in [1.165, 1.54) is 12.0 Å². The monoisotopic (exact) mass is 355 g/mol. The summed E-state index contributed by atoms with van der Waals surface area (Å²) in [6.45, 7) is 5.90. The number of likely N-dealkylation sites (tertiary alicyclic amines) is 1. The molecule has 3 aliphatic heterocycles. The molecular weight excluding hydrogens is 326 g/mol. The number of piperidine rings is 3. The second-order valence-electron chi connectivity index (χ2n) is 8.33. The Labute approximate surface area is 155 Å². The lowest BCUT2D eigenvalue weighted by atomic mass is 9.76. The highest BCUT2D eigenvalue weighted by molar-refractivity contribution is 5.78. The van der Waals surface area contributed by atoms with E-state index in [0.29, 0.717) is 36.9 Å². The van der Waals surface area contributed by atoms with Crippen LogP contribution < -0.4 is 5.32 Å². The van der Waals surface area contributed by atoms with E-state index >= 15 is 0 Å². The average molecular weight is 355 g/mol. The Hall–Kier alpha value is -1.88. The molecule has 5 nitrogen and oxygen atoms in total. The van der Waals surface area contributed by atoms with Crippen LogP contribution in [0.15, 0.2) is 24.3 Å². The first kappa shape index (κ1) is 17.5. The number of carbonyl (C=O) groups excluding carboxylic acids is 2. The predicted molar refractivity (Wildman–Crippen MR) is 100 cm³/mol. The number of hydrogen-bond donors (Lipinski definition) is 1. The molecule has 0 spiro atoms. The maximum absolute atomic E-state index is 12.4. The summed E-state index contributed by atoms with van der Waals surface area (Å²) < 4.78 is 0. The van der Waals surface area contributed by atoms with Crippen LogP contribution in [0.2, 0.25) is 0 Å². The fraction of sp³-hybridized carbons (Fsp3) is 0.619. The number of nitrogens with zero attached hydrogens (tertiary/aromatic N) is 2. The van der Waals surface area contributed by atoms with Crippen molar-refractivity contribution in [2.75, 3.05) is 26.2 Å². The van der Waals surface area contributed by atoms with Gasteiger partial charge in [0.25, 0.3) is 0 Å². The van der Waals surface area contributed by atoms with Crippen molar-refractivity contribution in [1.29, 1.82) is 0 Å². The van der Waals surface area contributed by atoms with Crippen LogP contribution in [0.25, 0.3) is 0 Å². The zero-order valence-corrected chi connectivity index (χ0v) is 15.6. The number of fused-ring (bicyclic) bond motifs is 4. The number of rotatable bonds is 4. The molecule has 1 aromatic carbocycles. The van der Waals surface area contributed by atoms with E-state index < -0.39 is 0 Å². The van der Waals surface area contributed by atoms with Crippen molar-refractivity contribution in [1.82, 2.24) is 15.1 Å². The van der Waals surface area contributed by atoms with Crippen LogP contribution >= 0.6 is 0 Å². The predicted octanol–water partition coefficient (Wildman–Crippen LogP) is 1.94. The van der Waals surface area contributed by atoms with Crippen molar-refractivity contribution in [2.24, 2.45) is 11.8 Å². The fourth-order valence-electron chi connectivity index (χ4n) is 5.12. The summed E-state index contributed by atoms with van der Waals surface area (Å²) in [6.07, 6.45) is 4.10. The van der Waals surface area contributed by atoms with Crippen LogP contribution in [-0.4, -0.2) is 53.8 Å². The van der Waals surface area contributed by atoms with Crippen molar-refractivity contribution in [2.45, 2.75) is 45.2 Å². The van der Waals surface area contributed by atoms with Gasteiger partial charge in [0.05, 0.1) is 6.54 Å². The maximum Gasteiger partial charge on any atom is 0.234 e. The van der Waals surface area contributed by atoms with Gasteiger partial charge in [0, 0.05) is 38.6 Å². The summed E-state index contributed by atoms with van der Waals surface area (Å²) in [5, 5.41) is 3.06.